The monoisotopic (exact) mass is 409 g/mol. The molecule has 1 aliphatic rings. The van der Waals surface area contributed by atoms with Crippen LogP contribution in [0.25, 0.3) is 0 Å². The number of nitrogens with one attached hydrogen (secondary N) is 2. The zero-order valence-corrected chi connectivity index (χ0v) is 18.0. The molecule has 1 unspecified atom stereocenters. The molecule has 3 rings (SSSR count). The van der Waals surface area contributed by atoms with Gasteiger partial charge in [-0.3, -0.25) is 4.79 Å². The van der Waals surface area contributed by atoms with Crippen molar-refractivity contribution in [1.82, 2.24) is 15.5 Å². The van der Waals surface area contributed by atoms with E-state index in [-0.39, 0.29) is 24.1 Å². The number of ether oxygens (including phenoxy) is 1. The highest BCUT2D eigenvalue weighted by Gasteiger charge is 2.20. The second-order valence-electron chi connectivity index (χ2n) is 8.03. The maximum atomic E-state index is 12.4. The first-order chi connectivity index (χ1) is 14.4. The minimum Gasteiger partial charge on any atom is -0.491 e. The zero-order chi connectivity index (χ0) is 21.5. The van der Waals surface area contributed by atoms with Crippen LogP contribution >= 0.6 is 0 Å². The van der Waals surface area contributed by atoms with Crippen molar-refractivity contribution >= 4 is 11.9 Å². The fourth-order valence-corrected chi connectivity index (χ4v) is 3.57. The summed E-state index contributed by atoms with van der Waals surface area (Å²) in [5.41, 5.74) is 3.08. The molecule has 0 saturated carbocycles. The summed E-state index contributed by atoms with van der Waals surface area (Å²) in [6, 6.07) is 15.4. The van der Waals surface area contributed by atoms with E-state index in [0.717, 1.165) is 35.4 Å². The van der Waals surface area contributed by atoms with E-state index in [1.165, 1.54) is 0 Å². The fourth-order valence-electron chi connectivity index (χ4n) is 3.57. The molecule has 3 amide bonds. The van der Waals surface area contributed by atoms with E-state index < -0.39 is 0 Å². The van der Waals surface area contributed by atoms with Gasteiger partial charge in [-0.05, 0) is 56.0 Å². The first-order valence-electron chi connectivity index (χ1n) is 10.6. The number of carbonyl (C=O) groups excluding carboxylic acids is 2. The van der Waals surface area contributed by atoms with Gasteiger partial charge >= 0.3 is 6.03 Å². The van der Waals surface area contributed by atoms with Crippen molar-refractivity contribution in [2.24, 2.45) is 0 Å². The molecule has 1 fully saturated rings. The lowest BCUT2D eigenvalue weighted by atomic mass is 10.1. The predicted octanol–water partition coefficient (Wildman–Crippen LogP) is 4.16. The molecule has 2 aromatic carbocycles. The number of hydrogen-bond donors (Lipinski definition) is 2. The topological polar surface area (TPSA) is 70.7 Å². The Bertz CT molecular complexity index is 882. The van der Waals surface area contributed by atoms with Crippen molar-refractivity contribution in [1.29, 1.82) is 0 Å². The van der Waals surface area contributed by atoms with Crippen LogP contribution in [0.1, 0.15) is 56.3 Å². The highest BCUT2D eigenvalue weighted by atomic mass is 16.5. The lowest BCUT2D eigenvalue weighted by Crippen LogP contribution is -2.36. The lowest BCUT2D eigenvalue weighted by Gasteiger charge is -2.18. The van der Waals surface area contributed by atoms with E-state index in [9.17, 15) is 9.59 Å². The normalized spacial score (nSPS) is 14.7. The molecule has 1 saturated heterocycles. The van der Waals surface area contributed by atoms with Gasteiger partial charge in [-0.15, -0.1) is 0 Å². The predicted molar refractivity (Wildman–Crippen MR) is 117 cm³/mol. The molecule has 1 heterocycles. The molecular weight excluding hydrogens is 378 g/mol. The average molecular weight is 410 g/mol. The van der Waals surface area contributed by atoms with Crippen molar-refractivity contribution < 1.29 is 14.3 Å². The van der Waals surface area contributed by atoms with Gasteiger partial charge in [-0.25, -0.2) is 4.79 Å². The zero-order valence-electron chi connectivity index (χ0n) is 18.0. The first kappa shape index (κ1) is 21.7. The molecule has 0 aliphatic carbocycles. The average Bonchev–Trinajstić information content (AvgIpc) is 3.11. The second-order valence-corrected chi connectivity index (χ2v) is 8.03. The third-order valence-electron chi connectivity index (χ3n) is 5.07. The van der Waals surface area contributed by atoms with Crippen molar-refractivity contribution in [2.45, 2.75) is 58.8 Å². The minimum atomic E-state index is -0.224. The SMILES string of the molecule is CC(C)Oc1cccc(C(C)NC(=O)NCc2cccc(CN3CCCC3=O)c2)c1. The van der Waals surface area contributed by atoms with Gasteiger partial charge in [0.25, 0.3) is 0 Å². The third-order valence-corrected chi connectivity index (χ3v) is 5.07. The maximum Gasteiger partial charge on any atom is 0.315 e. The number of urea groups is 1. The molecule has 1 atom stereocenters. The summed E-state index contributed by atoms with van der Waals surface area (Å²) in [6.07, 6.45) is 1.68. The molecule has 2 aromatic rings. The van der Waals surface area contributed by atoms with E-state index in [1.54, 1.807) is 0 Å². The Morgan fingerprint density at radius 1 is 1.10 bits per heavy atom. The van der Waals surface area contributed by atoms with Crippen molar-refractivity contribution in [2.75, 3.05) is 6.54 Å². The Morgan fingerprint density at radius 2 is 1.87 bits per heavy atom. The summed E-state index contributed by atoms with van der Waals surface area (Å²) in [6.45, 7) is 7.80. The smallest absolute Gasteiger partial charge is 0.315 e. The summed E-state index contributed by atoms with van der Waals surface area (Å²) in [4.78, 5) is 26.1. The van der Waals surface area contributed by atoms with E-state index >= 15 is 0 Å². The highest BCUT2D eigenvalue weighted by Crippen LogP contribution is 2.20. The molecular formula is C24H31N3O3. The maximum absolute atomic E-state index is 12.4. The molecule has 30 heavy (non-hydrogen) atoms. The van der Waals surface area contributed by atoms with Crippen LogP contribution in [0.4, 0.5) is 4.79 Å². The Kier molecular flexibility index (Phi) is 7.33. The van der Waals surface area contributed by atoms with Gasteiger partial charge in [0.15, 0.2) is 0 Å². The number of benzene rings is 2. The van der Waals surface area contributed by atoms with Crippen LogP contribution in [0.3, 0.4) is 0 Å². The number of carbonyl (C=O) groups is 2. The summed E-state index contributed by atoms with van der Waals surface area (Å²) < 4.78 is 5.73. The van der Waals surface area contributed by atoms with E-state index in [0.29, 0.717) is 19.5 Å². The molecule has 0 radical (unpaired) electrons. The molecule has 1 aliphatic heterocycles. The Morgan fingerprint density at radius 3 is 2.60 bits per heavy atom. The van der Waals surface area contributed by atoms with E-state index in [1.807, 2.05) is 74.2 Å². The number of hydrogen-bond acceptors (Lipinski definition) is 3. The standard InChI is InChI=1S/C24H31N3O3/c1-17(2)30-22-10-5-9-21(14-22)18(3)26-24(29)25-15-19-7-4-8-20(13-19)16-27-12-6-11-23(27)28/h4-5,7-10,13-14,17-18H,6,11-12,15-16H2,1-3H3,(H2,25,26,29). The van der Waals surface area contributed by atoms with Crippen molar-refractivity contribution in [3.05, 3.63) is 65.2 Å². The van der Waals surface area contributed by atoms with Gasteiger partial charge in [-0.1, -0.05) is 36.4 Å². The number of likely N-dealkylation sites (tertiary alicyclic amines) is 1. The van der Waals surface area contributed by atoms with Crippen LogP contribution in [-0.2, 0) is 17.9 Å². The molecule has 160 valence electrons. The summed E-state index contributed by atoms with van der Waals surface area (Å²) in [5, 5.41) is 5.88. The van der Waals surface area contributed by atoms with Gasteiger partial charge in [0, 0.05) is 26.1 Å². The van der Waals surface area contributed by atoms with Crippen LogP contribution in [-0.4, -0.2) is 29.5 Å². The molecule has 6 heteroatoms. The molecule has 2 N–H and O–H groups in total. The summed E-state index contributed by atoms with van der Waals surface area (Å²) in [5.74, 6) is 1.01. The Balaban J connectivity index is 1.51. The minimum absolute atomic E-state index is 0.103. The summed E-state index contributed by atoms with van der Waals surface area (Å²) >= 11 is 0. The molecule has 0 bridgehead atoms. The van der Waals surface area contributed by atoms with E-state index in [4.69, 9.17) is 4.74 Å². The Labute approximate surface area is 178 Å². The van der Waals surface area contributed by atoms with Crippen LogP contribution in [0.5, 0.6) is 5.75 Å². The lowest BCUT2D eigenvalue weighted by molar-refractivity contribution is -0.128. The first-order valence-corrected chi connectivity index (χ1v) is 10.6. The van der Waals surface area contributed by atoms with Gasteiger partial charge in [0.1, 0.15) is 5.75 Å². The molecule has 6 nitrogen and oxygen atoms in total. The third kappa shape index (κ3) is 6.24. The van der Waals surface area contributed by atoms with E-state index in [2.05, 4.69) is 10.6 Å². The highest BCUT2D eigenvalue weighted by molar-refractivity contribution is 5.78. The largest absolute Gasteiger partial charge is 0.491 e. The second kappa shape index (κ2) is 10.1. The number of rotatable bonds is 8. The number of amides is 3. The number of nitrogens with zero attached hydrogens (tertiary/aromatic N) is 1. The quantitative estimate of drug-likeness (QED) is 0.688. The van der Waals surface area contributed by atoms with Gasteiger partial charge < -0.3 is 20.3 Å². The van der Waals surface area contributed by atoms with Crippen LogP contribution < -0.4 is 15.4 Å². The summed E-state index contributed by atoms with van der Waals surface area (Å²) in [7, 11) is 0. The fraction of sp³-hybridized carbons (Fsp3) is 0.417. The molecule has 0 spiro atoms. The van der Waals surface area contributed by atoms with Crippen LogP contribution in [0.15, 0.2) is 48.5 Å². The van der Waals surface area contributed by atoms with Crippen LogP contribution in [0.2, 0.25) is 0 Å². The van der Waals surface area contributed by atoms with Gasteiger partial charge in [-0.2, -0.15) is 0 Å². The van der Waals surface area contributed by atoms with Crippen LogP contribution in [0, 0.1) is 0 Å². The van der Waals surface area contributed by atoms with Gasteiger partial charge in [0.2, 0.25) is 5.91 Å². The molecule has 0 aromatic heterocycles. The Hall–Kier alpha value is -3.02. The van der Waals surface area contributed by atoms with Crippen molar-refractivity contribution in [3.8, 4) is 5.75 Å². The van der Waals surface area contributed by atoms with Crippen molar-refractivity contribution in [3.63, 3.8) is 0 Å². The van der Waals surface area contributed by atoms with Gasteiger partial charge in [0.05, 0.1) is 12.1 Å².